The van der Waals surface area contributed by atoms with Crippen LogP contribution in [-0.4, -0.2) is 23.7 Å². The lowest BCUT2D eigenvalue weighted by atomic mass is 10.1. The van der Waals surface area contributed by atoms with E-state index in [4.69, 9.17) is 4.74 Å². The van der Waals surface area contributed by atoms with E-state index >= 15 is 0 Å². The largest absolute Gasteiger partial charge is 0.494 e. The number of nitrogens with zero attached hydrogens (tertiary/aromatic N) is 2. The minimum absolute atomic E-state index is 0.102. The van der Waals surface area contributed by atoms with E-state index in [2.05, 4.69) is 5.32 Å². The van der Waals surface area contributed by atoms with Gasteiger partial charge in [-0.25, -0.2) is 0 Å². The number of ether oxygens (including phenoxy) is 1. The van der Waals surface area contributed by atoms with Crippen LogP contribution in [0.5, 0.6) is 5.75 Å². The average molecular weight is 498 g/mol. The van der Waals surface area contributed by atoms with Gasteiger partial charge in [0.15, 0.2) is 0 Å². The van der Waals surface area contributed by atoms with Crippen LogP contribution in [0.25, 0.3) is 0 Å². The number of thioether (sulfide) groups is 1. The van der Waals surface area contributed by atoms with Gasteiger partial charge in [-0.1, -0.05) is 59.3 Å². The number of carbonyl (C=O) groups is 2. The Labute approximate surface area is 215 Å². The molecular formula is C29H27N3O3S. The second-order valence-electron chi connectivity index (χ2n) is 8.51. The highest BCUT2D eigenvalue weighted by Crippen LogP contribution is 2.42. The molecule has 182 valence electrons. The molecule has 3 aromatic carbocycles. The summed E-state index contributed by atoms with van der Waals surface area (Å²) >= 11 is 1.25. The smallest absolute Gasteiger partial charge is 0.269 e. The van der Waals surface area contributed by atoms with Gasteiger partial charge in [0.05, 0.1) is 11.9 Å². The number of anilines is 2. The Hall–Kier alpha value is -4.02. The molecule has 1 aliphatic rings. The zero-order valence-corrected chi connectivity index (χ0v) is 21.3. The van der Waals surface area contributed by atoms with Crippen molar-refractivity contribution in [2.75, 3.05) is 16.8 Å². The van der Waals surface area contributed by atoms with E-state index in [0.29, 0.717) is 35.2 Å². The molecule has 0 radical (unpaired) electrons. The Morgan fingerprint density at radius 3 is 2.42 bits per heavy atom. The maximum Gasteiger partial charge on any atom is 0.269 e. The fourth-order valence-corrected chi connectivity index (χ4v) is 5.27. The third-order valence-electron chi connectivity index (χ3n) is 5.72. The van der Waals surface area contributed by atoms with Crippen molar-refractivity contribution in [1.29, 1.82) is 5.26 Å². The number of nitrogens with one attached hydrogen (secondary N) is 1. The molecule has 1 unspecified atom stereocenters. The van der Waals surface area contributed by atoms with Crippen LogP contribution < -0.4 is 15.0 Å². The summed E-state index contributed by atoms with van der Waals surface area (Å²) < 4.78 is 5.53. The van der Waals surface area contributed by atoms with Crippen LogP contribution in [0.3, 0.4) is 0 Å². The van der Waals surface area contributed by atoms with E-state index < -0.39 is 11.2 Å². The van der Waals surface area contributed by atoms with Gasteiger partial charge in [0.25, 0.3) is 5.91 Å². The van der Waals surface area contributed by atoms with Crippen LogP contribution in [0, 0.1) is 25.2 Å². The molecule has 7 heteroatoms. The quantitative estimate of drug-likeness (QED) is 0.331. The molecule has 1 aliphatic heterocycles. The SMILES string of the molecule is CCOc1ccc(N2C(=O)C(Cc3cccc(C)c3)S/C2=C(/C#N)C(=O)Nc2ccc(C)cc2)cc1. The predicted molar refractivity (Wildman–Crippen MR) is 144 cm³/mol. The molecule has 0 saturated carbocycles. The van der Waals surface area contributed by atoms with E-state index in [1.807, 2.05) is 63.2 Å². The summed E-state index contributed by atoms with van der Waals surface area (Å²) in [4.78, 5) is 28.3. The minimum atomic E-state index is -0.552. The van der Waals surface area contributed by atoms with Crippen molar-refractivity contribution in [2.24, 2.45) is 0 Å². The van der Waals surface area contributed by atoms with Crippen molar-refractivity contribution in [2.45, 2.75) is 32.4 Å². The maximum absolute atomic E-state index is 13.7. The molecule has 1 N–H and O–H groups in total. The average Bonchev–Trinajstić information content (AvgIpc) is 3.17. The fourth-order valence-electron chi connectivity index (χ4n) is 3.96. The summed E-state index contributed by atoms with van der Waals surface area (Å²) in [6, 6.07) is 24.5. The highest BCUT2D eigenvalue weighted by molar-refractivity contribution is 8.05. The van der Waals surface area contributed by atoms with E-state index in [1.165, 1.54) is 16.7 Å². The molecule has 2 amide bonds. The lowest BCUT2D eigenvalue weighted by Gasteiger charge is -2.19. The lowest BCUT2D eigenvalue weighted by Crippen LogP contribution is -2.30. The molecule has 0 aromatic heterocycles. The Kier molecular flexibility index (Phi) is 7.77. The van der Waals surface area contributed by atoms with Crippen molar-refractivity contribution in [1.82, 2.24) is 0 Å². The Bertz CT molecular complexity index is 1340. The third kappa shape index (κ3) is 5.61. The monoisotopic (exact) mass is 497 g/mol. The molecule has 0 bridgehead atoms. The summed E-state index contributed by atoms with van der Waals surface area (Å²) in [5, 5.41) is 12.7. The van der Waals surface area contributed by atoms with Gasteiger partial charge in [-0.15, -0.1) is 0 Å². The predicted octanol–water partition coefficient (Wildman–Crippen LogP) is 5.77. The van der Waals surface area contributed by atoms with Gasteiger partial charge < -0.3 is 10.1 Å². The van der Waals surface area contributed by atoms with Gasteiger partial charge >= 0.3 is 0 Å². The van der Waals surface area contributed by atoms with Crippen LogP contribution >= 0.6 is 11.8 Å². The van der Waals surface area contributed by atoms with Gasteiger partial charge in [0, 0.05) is 11.4 Å². The van der Waals surface area contributed by atoms with E-state index in [1.54, 1.807) is 36.4 Å². The van der Waals surface area contributed by atoms with E-state index in [9.17, 15) is 14.9 Å². The zero-order valence-electron chi connectivity index (χ0n) is 20.4. The first kappa shape index (κ1) is 25.1. The highest BCUT2D eigenvalue weighted by Gasteiger charge is 2.40. The maximum atomic E-state index is 13.7. The van der Waals surface area contributed by atoms with Crippen LogP contribution in [-0.2, 0) is 16.0 Å². The van der Waals surface area contributed by atoms with Crippen molar-refractivity contribution in [3.63, 3.8) is 0 Å². The number of nitriles is 1. The molecule has 4 rings (SSSR count). The van der Waals surface area contributed by atoms with Crippen LogP contribution in [0.2, 0.25) is 0 Å². The first-order valence-electron chi connectivity index (χ1n) is 11.7. The van der Waals surface area contributed by atoms with Crippen molar-refractivity contribution >= 4 is 35.0 Å². The van der Waals surface area contributed by atoms with Gasteiger partial charge in [-0.05, 0) is 69.2 Å². The zero-order chi connectivity index (χ0) is 25.7. The Morgan fingerprint density at radius 1 is 1.06 bits per heavy atom. The third-order valence-corrected chi connectivity index (χ3v) is 6.99. The normalized spacial score (nSPS) is 16.4. The van der Waals surface area contributed by atoms with Crippen molar-refractivity contribution < 1.29 is 14.3 Å². The fraction of sp³-hybridized carbons (Fsp3) is 0.207. The molecule has 0 spiro atoms. The number of benzene rings is 3. The topological polar surface area (TPSA) is 82.4 Å². The highest BCUT2D eigenvalue weighted by atomic mass is 32.2. The summed E-state index contributed by atoms with van der Waals surface area (Å²) in [5.41, 5.74) is 4.25. The van der Waals surface area contributed by atoms with Crippen molar-refractivity contribution in [3.05, 3.63) is 100 Å². The second-order valence-corrected chi connectivity index (χ2v) is 9.70. The van der Waals surface area contributed by atoms with Gasteiger partial charge in [-0.2, -0.15) is 5.26 Å². The summed E-state index contributed by atoms with van der Waals surface area (Å²) in [5.74, 6) is -0.0413. The van der Waals surface area contributed by atoms with Gasteiger partial charge in [-0.3, -0.25) is 14.5 Å². The molecule has 1 heterocycles. The number of hydrogen-bond donors (Lipinski definition) is 1. The van der Waals surface area contributed by atoms with Gasteiger partial charge in [0.2, 0.25) is 5.91 Å². The number of amides is 2. The second kappa shape index (κ2) is 11.1. The molecule has 1 atom stereocenters. The molecule has 1 fully saturated rings. The lowest BCUT2D eigenvalue weighted by molar-refractivity contribution is -0.117. The van der Waals surface area contributed by atoms with Crippen molar-refractivity contribution in [3.8, 4) is 11.8 Å². The Morgan fingerprint density at radius 2 is 1.78 bits per heavy atom. The molecule has 0 aliphatic carbocycles. The standard InChI is InChI=1S/C29H27N3O3S/c1-4-35-24-14-12-23(13-15-24)32-28(34)26(17-21-7-5-6-20(3)16-21)36-29(32)25(18-30)27(33)31-22-10-8-19(2)9-11-22/h5-16,26H,4,17H2,1-3H3,(H,31,33)/b29-25-. The summed E-state index contributed by atoms with van der Waals surface area (Å²) in [6.07, 6.45) is 0.487. The first-order chi connectivity index (χ1) is 17.4. The van der Waals surface area contributed by atoms with E-state index in [0.717, 1.165) is 16.7 Å². The minimum Gasteiger partial charge on any atom is -0.494 e. The van der Waals surface area contributed by atoms with Crippen LogP contribution in [0.4, 0.5) is 11.4 Å². The van der Waals surface area contributed by atoms with Crippen LogP contribution in [0.15, 0.2) is 83.4 Å². The molecule has 3 aromatic rings. The van der Waals surface area contributed by atoms with Gasteiger partial charge in [0.1, 0.15) is 22.4 Å². The molecule has 36 heavy (non-hydrogen) atoms. The summed E-state index contributed by atoms with van der Waals surface area (Å²) in [7, 11) is 0. The Balaban J connectivity index is 1.71. The first-order valence-corrected chi connectivity index (χ1v) is 12.6. The van der Waals surface area contributed by atoms with Crippen LogP contribution in [0.1, 0.15) is 23.6 Å². The van der Waals surface area contributed by atoms with E-state index in [-0.39, 0.29) is 11.5 Å². The molecular weight excluding hydrogens is 470 g/mol. The molecule has 1 saturated heterocycles. The summed E-state index contributed by atoms with van der Waals surface area (Å²) in [6.45, 7) is 6.39. The number of hydrogen-bond acceptors (Lipinski definition) is 5. The number of carbonyl (C=O) groups excluding carboxylic acids is 2. The molecule has 6 nitrogen and oxygen atoms in total. The number of rotatable bonds is 7. The number of aryl methyl sites for hydroxylation is 2.